The van der Waals surface area contributed by atoms with E-state index in [1.807, 2.05) is 55.0 Å². The second kappa shape index (κ2) is 14.7. The minimum atomic E-state index is -0.978. The molecule has 2 saturated heterocycles. The molecule has 44 heavy (non-hydrogen) atoms. The summed E-state index contributed by atoms with van der Waals surface area (Å²) in [7, 11) is 0. The Labute approximate surface area is 260 Å². The number of nitrogens with zero attached hydrogens (tertiary/aromatic N) is 4. The summed E-state index contributed by atoms with van der Waals surface area (Å²) in [5.41, 5.74) is 3.22. The van der Waals surface area contributed by atoms with Crippen molar-refractivity contribution in [2.24, 2.45) is 5.92 Å². The molecule has 2 fully saturated rings. The number of rotatable bonds is 12. The third-order valence-electron chi connectivity index (χ3n) is 8.43. The fourth-order valence-corrected chi connectivity index (χ4v) is 6.02. The average Bonchev–Trinajstić information content (AvgIpc) is 3.60. The van der Waals surface area contributed by atoms with E-state index in [2.05, 4.69) is 50.7 Å². The van der Waals surface area contributed by atoms with Crippen molar-refractivity contribution in [1.29, 1.82) is 0 Å². The van der Waals surface area contributed by atoms with E-state index < -0.39 is 5.60 Å². The van der Waals surface area contributed by atoms with E-state index in [1.165, 1.54) is 0 Å². The lowest BCUT2D eigenvalue weighted by Crippen LogP contribution is -2.54. The number of aromatic nitrogens is 2. The van der Waals surface area contributed by atoms with Crippen LogP contribution >= 0.6 is 0 Å². The molecule has 1 aromatic heterocycles. The van der Waals surface area contributed by atoms with Crippen LogP contribution in [0.3, 0.4) is 0 Å². The first-order chi connectivity index (χ1) is 21.3. The van der Waals surface area contributed by atoms with Crippen molar-refractivity contribution >= 4 is 17.5 Å². The van der Waals surface area contributed by atoms with E-state index in [-0.39, 0.29) is 17.7 Å². The van der Waals surface area contributed by atoms with Crippen LogP contribution in [0, 0.1) is 5.92 Å². The van der Waals surface area contributed by atoms with Crippen molar-refractivity contribution in [2.45, 2.75) is 45.8 Å². The minimum Gasteiger partial charge on any atom is -0.478 e. The monoisotopic (exact) mass is 602 g/mol. The number of piperidine rings is 1. The van der Waals surface area contributed by atoms with Gasteiger partial charge in [0.25, 0.3) is 5.91 Å². The minimum absolute atomic E-state index is 0.00343. The summed E-state index contributed by atoms with van der Waals surface area (Å²) in [5.74, 6) is 0.687. The predicted octanol–water partition coefficient (Wildman–Crippen LogP) is 3.95. The van der Waals surface area contributed by atoms with Gasteiger partial charge in [-0.1, -0.05) is 30.3 Å². The van der Waals surface area contributed by atoms with Crippen LogP contribution < -0.4 is 15.0 Å². The highest BCUT2D eigenvalue weighted by molar-refractivity contribution is 5.85. The molecule has 0 bridgehead atoms. The quantitative estimate of drug-likeness (QED) is 0.303. The SMILES string of the molecule is CCOCCN(Cc1ccc(-c2cn[nH]c2)cc1)C(=O)[C@H]1CCCN(c2cccc(OC(C)(C)C(=O)N3CCNCC3)c2)C1. The van der Waals surface area contributed by atoms with E-state index in [1.54, 1.807) is 6.20 Å². The molecule has 0 radical (unpaired) electrons. The Bertz CT molecular complexity index is 1350. The number of H-pyrrole nitrogens is 1. The molecule has 2 aliphatic heterocycles. The van der Waals surface area contributed by atoms with Gasteiger partial charge in [0.15, 0.2) is 5.60 Å². The maximum Gasteiger partial charge on any atom is 0.266 e. The number of nitrogens with one attached hydrogen (secondary N) is 2. The number of piperazine rings is 1. The van der Waals surface area contributed by atoms with E-state index in [0.29, 0.717) is 51.7 Å². The lowest BCUT2D eigenvalue weighted by Gasteiger charge is -2.37. The van der Waals surface area contributed by atoms with Gasteiger partial charge in [-0.05, 0) is 56.9 Å². The zero-order chi connectivity index (χ0) is 30.9. The van der Waals surface area contributed by atoms with Crippen LogP contribution in [0.4, 0.5) is 5.69 Å². The number of ether oxygens (including phenoxy) is 2. The lowest BCUT2D eigenvalue weighted by molar-refractivity contribution is -0.146. The smallest absolute Gasteiger partial charge is 0.266 e. The van der Waals surface area contributed by atoms with Gasteiger partial charge in [-0.3, -0.25) is 14.7 Å². The highest BCUT2D eigenvalue weighted by Gasteiger charge is 2.35. The van der Waals surface area contributed by atoms with Crippen molar-refractivity contribution in [3.05, 3.63) is 66.5 Å². The Morgan fingerprint density at radius 3 is 2.59 bits per heavy atom. The fourth-order valence-electron chi connectivity index (χ4n) is 6.02. The average molecular weight is 603 g/mol. The molecule has 2 N–H and O–H groups in total. The highest BCUT2D eigenvalue weighted by atomic mass is 16.5. The summed E-state index contributed by atoms with van der Waals surface area (Å²) in [6, 6.07) is 16.2. The van der Waals surface area contributed by atoms with Crippen LogP contribution in [0.2, 0.25) is 0 Å². The fraction of sp³-hybridized carbons (Fsp3) is 0.500. The molecule has 10 heteroatoms. The predicted molar refractivity (Wildman–Crippen MR) is 171 cm³/mol. The largest absolute Gasteiger partial charge is 0.478 e. The summed E-state index contributed by atoms with van der Waals surface area (Å²) in [6.07, 6.45) is 5.45. The zero-order valence-electron chi connectivity index (χ0n) is 26.3. The Kier molecular flexibility index (Phi) is 10.6. The number of hydrogen-bond donors (Lipinski definition) is 2. The van der Waals surface area contributed by atoms with Crippen LogP contribution in [0.1, 0.15) is 39.2 Å². The molecular weight excluding hydrogens is 556 g/mol. The molecule has 1 atom stereocenters. The lowest BCUT2D eigenvalue weighted by atomic mass is 9.95. The topological polar surface area (TPSA) is 103 Å². The second-order valence-electron chi connectivity index (χ2n) is 12.1. The van der Waals surface area contributed by atoms with Gasteiger partial charge in [-0.25, -0.2) is 0 Å². The number of aromatic amines is 1. The number of hydrogen-bond acceptors (Lipinski definition) is 7. The third kappa shape index (κ3) is 7.98. The first kappa shape index (κ1) is 31.5. The molecule has 0 unspecified atom stereocenters. The normalized spacial score (nSPS) is 17.4. The zero-order valence-corrected chi connectivity index (χ0v) is 26.3. The molecule has 0 spiro atoms. The Morgan fingerprint density at radius 2 is 1.86 bits per heavy atom. The van der Waals surface area contributed by atoms with Gasteiger partial charge >= 0.3 is 0 Å². The van der Waals surface area contributed by atoms with Crippen LogP contribution in [-0.4, -0.2) is 96.4 Å². The summed E-state index contributed by atoms with van der Waals surface area (Å²) in [6.45, 7) is 12.3. The molecular formula is C34H46N6O4. The van der Waals surface area contributed by atoms with Crippen LogP contribution in [0.15, 0.2) is 60.9 Å². The Morgan fingerprint density at radius 1 is 1.07 bits per heavy atom. The van der Waals surface area contributed by atoms with E-state index in [0.717, 1.165) is 54.9 Å². The molecule has 0 aliphatic carbocycles. The molecule has 0 saturated carbocycles. The number of benzene rings is 2. The van der Waals surface area contributed by atoms with Crippen molar-refractivity contribution in [1.82, 2.24) is 25.3 Å². The van der Waals surface area contributed by atoms with Crippen molar-refractivity contribution in [3.8, 4) is 16.9 Å². The van der Waals surface area contributed by atoms with Crippen LogP contribution in [0.25, 0.3) is 11.1 Å². The Hall–Kier alpha value is -3.89. The van der Waals surface area contributed by atoms with Crippen molar-refractivity contribution in [3.63, 3.8) is 0 Å². The van der Waals surface area contributed by atoms with E-state index in [4.69, 9.17) is 9.47 Å². The van der Waals surface area contributed by atoms with Gasteiger partial charge in [-0.2, -0.15) is 5.10 Å². The molecule has 2 aliphatic rings. The van der Waals surface area contributed by atoms with Gasteiger partial charge in [-0.15, -0.1) is 0 Å². The summed E-state index contributed by atoms with van der Waals surface area (Å²) in [5, 5.41) is 10.2. The van der Waals surface area contributed by atoms with Gasteiger partial charge < -0.3 is 29.5 Å². The highest BCUT2D eigenvalue weighted by Crippen LogP contribution is 2.30. The Balaban J connectivity index is 1.24. The van der Waals surface area contributed by atoms with Crippen LogP contribution in [0.5, 0.6) is 5.75 Å². The molecule has 3 heterocycles. The first-order valence-corrected chi connectivity index (χ1v) is 15.8. The number of carbonyl (C=O) groups excluding carboxylic acids is 2. The molecule has 10 nitrogen and oxygen atoms in total. The maximum atomic E-state index is 14.0. The van der Waals surface area contributed by atoms with Gasteiger partial charge in [0.1, 0.15) is 5.75 Å². The third-order valence-corrected chi connectivity index (χ3v) is 8.43. The van der Waals surface area contributed by atoms with Gasteiger partial charge in [0.2, 0.25) is 5.91 Å². The van der Waals surface area contributed by atoms with E-state index >= 15 is 0 Å². The summed E-state index contributed by atoms with van der Waals surface area (Å²) in [4.78, 5) is 33.2. The summed E-state index contributed by atoms with van der Waals surface area (Å²) >= 11 is 0. The molecule has 5 rings (SSSR count). The van der Waals surface area contributed by atoms with Crippen LogP contribution in [-0.2, 0) is 20.9 Å². The van der Waals surface area contributed by atoms with Gasteiger partial charge in [0, 0.05) is 82.5 Å². The van der Waals surface area contributed by atoms with Crippen molar-refractivity contribution < 1.29 is 19.1 Å². The molecule has 2 aromatic carbocycles. The molecule has 2 amide bonds. The molecule has 236 valence electrons. The standard InChI is InChI=1S/C34H46N6O4/c1-4-43-20-19-40(24-26-10-12-27(13-11-26)29-22-36-37-23-29)32(41)28-7-6-16-39(25-28)30-8-5-9-31(21-30)44-34(2,3)33(42)38-17-14-35-15-18-38/h5,8-13,21-23,28,35H,4,6-7,14-20,24-25H2,1-3H3,(H,36,37)/t28-/m0/s1. The summed E-state index contributed by atoms with van der Waals surface area (Å²) < 4.78 is 11.9. The van der Waals surface area contributed by atoms with Gasteiger partial charge in [0.05, 0.1) is 18.7 Å². The number of amides is 2. The number of anilines is 1. The second-order valence-corrected chi connectivity index (χ2v) is 12.1. The first-order valence-electron chi connectivity index (χ1n) is 15.8. The maximum absolute atomic E-state index is 14.0. The van der Waals surface area contributed by atoms with Crippen molar-refractivity contribution in [2.75, 3.05) is 63.9 Å². The van der Waals surface area contributed by atoms with E-state index in [9.17, 15) is 9.59 Å². The number of carbonyl (C=O) groups is 2. The molecule has 3 aromatic rings.